The molecule has 0 radical (unpaired) electrons. The fourth-order valence-corrected chi connectivity index (χ4v) is 1.52. The topological polar surface area (TPSA) is 41.1 Å². The van der Waals surface area contributed by atoms with Gasteiger partial charge in [0.05, 0.1) is 5.69 Å². The van der Waals surface area contributed by atoms with E-state index in [4.69, 9.17) is 0 Å². The van der Waals surface area contributed by atoms with Gasteiger partial charge in [0.1, 0.15) is 0 Å². The molecule has 0 heterocycles. The first-order valence-electron chi connectivity index (χ1n) is 5.29. The fourth-order valence-electron chi connectivity index (χ4n) is 1.52. The van der Waals surface area contributed by atoms with Crippen LogP contribution in [0.4, 0.5) is 23.7 Å². The molecule has 1 fully saturated rings. The van der Waals surface area contributed by atoms with Gasteiger partial charge in [0, 0.05) is 6.04 Å². The lowest BCUT2D eigenvalue weighted by Gasteiger charge is -2.26. The predicted molar refractivity (Wildman–Crippen MR) is 56.1 cm³/mol. The zero-order valence-corrected chi connectivity index (χ0v) is 8.90. The number of anilines is 1. The number of benzene rings is 1. The summed E-state index contributed by atoms with van der Waals surface area (Å²) in [4.78, 5) is 11.4. The molecule has 0 aromatic heterocycles. The number of carbonyl (C=O) groups excluding carboxylic acids is 1. The molecule has 0 atom stereocenters. The van der Waals surface area contributed by atoms with Crippen LogP contribution >= 0.6 is 0 Å². The van der Waals surface area contributed by atoms with Gasteiger partial charge in [-0.25, -0.2) is 18.0 Å². The molecule has 3 nitrogen and oxygen atoms in total. The number of amides is 2. The van der Waals surface area contributed by atoms with Crippen LogP contribution in [0.2, 0.25) is 0 Å². The molecule has 0 aliphatic heterocycles. The fraction of sp³-hybridized carbons (Fsp3) is 0.364. The highest BCUT2D eigenvalue weighted by atomic mass is 19.2. The number of nitrogens with one attached hydrogen (secondary N) is 2. The molecule has 2 amide bonds. The third-order valence-corrected chi connectivity index (χ3v) is 2.72. The van der Waals surface area contributed by atoms with Crippen LogP contribution < -0.4 is 10.6 Å². The number of urea groups is 1. The maximum absolute atomic E-state index is 13.2. The molecule has 0 bridgehead atoms. The number of hydrogen-bond donors (Lipinski definition) is 2. The van der Waals surface area contributed by atoms with E-state index in [0.29, 0.717) is 0 Å². The minimum atomic E-state index is -1.59. The summed E-state index contributed by atoms with van der Waals surface area (Å²) in [6.07, 6.45) is 2.81. The summed E-state index contributed by atoms with van der Waals surface area (Å²) in [6.45, 7) is 0. The van der Waals surface area contributed by atoms with Gasteiger partial charge in [-0.1, -0.05) is 0 Å². The van der Waals surface area contributed by atoms with Crippen LogP contribution in [0.1, 0.15) is 19.3 Å². The van der Waals surface area contributed by atoms with E-state index < -0.39 is 23.5 Å². The zero-order chi connectivity index (χ0) is 12.4. The molecule has 1 aromatic carbocycles. The molecule has 1 aromatic rings. The van der Waals surface area contributed by atoms with E-state index in [2.05, 4.69) is 10.6 Å². The van der Waals surface area contributed by atoms with Crippen molar-refractivity contribution in [2.24, 2.45) is 0 Å². The Morgan fingerprint density at radius 3 is 2.47 bits per heavy atom. The average Bonchev–Trinajstić information content (AvgIpc) is 2.25. The normalized spacial score (nSPS) is 15.2. The highest BCUT2D eigenvalue weighted by Crippen LogP contribution is 2.21. The van der Waals surface area contributed by atoms with Crippen molar-refractivity contribution in [1.82, 2.24) is 5.32 Å². The minimum Gasteiger partial charge on any atom is -0.335 e. The number of carbonyl (C=O) groups is 1. The van der Waals surface area contributed by atoms with Gasteiger partial charge in [0.15, 0.2) is 17.5 Å². The third-order valence-electron chi connectivity index (χ3n) is 2.72. The average molecular weight is 244 g/mol. The Morgan fingerprint density at radius 1 is 1.18 bits per heavy atom. The molecule has 92 valence electrons. The molecular weight excluding hydrogens is 233 g/mol. The standard InChI is InChI=1S/C11H11F3N2O/c12-7-4-5-8(10(14)9(7)13)16-11(17)15-6-2-1-3-6/h4-6H,1-3H2,(H2,15,16,17). The van der Waals surface area contributed by atoms with E-state index in [1.165, 1.54) is 0 Å². The van der Waals surface area contributed by atoms with Crippen molar-refractivity contribution in [2.45, 2.75) is 25.3 Å². The Morgan fingerprint density at radius 2 is 1.88 bits per heavy atom. The quantitative estimate of drug-likeness (QED) is 0.772. The Kier molecular flexibility index (Phi) is 3.21. The van der Waals surface area contributed by atoms with Crippen LogP contribution in [0.25, 0.3) is 0 Å². The van der Waals surface area contributed by atoms with Gasteiger partial charge in [0.2, 0.25) is 0 Å². The van der Waals surface area contributed by atoms with Crippen molar-refractivity contribution in [3.8, 4) is 0 Å². The molecule has 0 unspecified atom stereocenters. The van der Waals surface area contributed by atoms with Crippen LogP contribution in [0.15, 0.2) is 12.1 Å². The first-order chi connectivity index (χ1) is 8.08. The summed E-state index contributed by atoms with van der Waals surface area (Å²) >= 11 is 0. The van der Waals surface area contributed by atoms with Crippen molar-refractivity contribution in [3.63, 3.8) is 0 Å². The second-order valence-electron chi connectivity index (χ2n) is 3.95. The number of rotatable bonds is 2. The van der Waals surface area contributed by atoms with E-state index in [1.807, 2.05) is 0 Å². The molecule has 17 heavy (non-hydrogen) atoms. The van der Waals surface area contributed by atoms with Crippen molar-refractivity contribution in [2.75, 3.05) is 5.32 Å². The Balaban J connectivity index is 2.02. The number of halogens is 3. The van der Waals surface area contributed by atoms with Gasteiger partial charge < -0.3 is 10.6 Å². The van der Waals surface area contributed by atoms with Crippen LogP contribution in [-0.4, -0.2) is 12.1 Å². The Hall–Kier alpha value is -1.72. The Bertz CT molecular complexity index is 447. The second kappa shape index (κ2) is 4.65. The molecule has 6 heteroatoms. The van der Waals surface area contributed by atoms with Crippen molar-refractivity contribution < 1.29 is 18.0 Å². The van der Waals surface area contributed by atoms with Crippen LogP contribution in [0.3, 0.4) is 0 Å². The lowest BCUT2D eigenvalue weighted by Crippen LogP contribution is -2.42. The molecular formula is C11H11F3N2O. The van der Waals surface area contributed by atoms with E-state index in [9.17, 15) is 18.0 Å². The van der Waals surface area contributed by atoms with Gasteiger partial charge in [-0.3, -0.25) is 0 Å². The van der Waals surface area contributed by atoms with Crippen molar-refractivity contribution in [3.05, 3.63) is 29.6 Å². The summed E-state index contributed by atoms with van der Waals surface area (Å²) in [5, 5.41) is 4.74. The number of hydrogen-bond acceptors (Lipinski definition) is 1. The van der Waals surface area contributed by atoms with Gasteiger partial charge in [-0.15, -0.1) is 0 Å². The summed E-state index contributed by atoms with van der Waals surface area (Å²) in [5.41, 5.74) is -0.374. The molecule has 2 N–H and O–H groups in total. The van der Waals surface area contributed by atoms with Crippen LogP contribution in [0.5, 0.6) is 0 Å². The maximum Gasteiger partial charge on any atom is 0.319 e. The first kappa shape index (κ1) is 11.8. The molecule has 1 aliphatic carbocycles. The minimum absolute atomic E-state index is 0.0864. The van der Waals surface area contributed by atoms with Crippen LogP contribution in [0, 0.1) is 17.5 Å². The smallest absolute Gasteiger partial charge is 0.319 e. The third kappa shape index (κ3) is 2.51. The highest BCUT2D eigenvalue weighted by molar-refractivity contribution is 5.89. The molecule has 0 saturated heterocycles. The molecule has 0 spiro atoms. The highest BCUT2D eigenvalue weighted by Gasteiger charge is 2.20. The van der Waals surface area contributed by atoms with Crippen LogP contribution in [-0.2, 0) is 0 Å². The maximum atomic E-state index is 13.2. The monoisotopic (exact) mass is 244 g/mol. The van der Waals surface area contributed by atoms with Crippen molar-refractivity contribution in [1.29, 1.82) is 0 Å². The second-order valence-corrected chi connectivity index (χ2v) is 3.95. The van der Waals surface area contributed by atoms with E-state index in [1.54, 1.807) is 0 Å². The first-order valence-corrected chi connectivity index (χ1v) is 5.29. The molecule has 1 saturated carbocycles. The molecule has 1 aliphatic rings. The summed E-state index contributed by atoms with van der Waals surface area (Å²) in [5.74, 6) is -4.27. The van der Waals surface area contributed by atoms with E-state index in [0.717, 1.165) is 31.4 Å². The van der Waals surface area contributed by atoms with Crippen molar-refractivity contribution >= 4 is 11.7 Å². The van der Waals surface area contributed by atoms with E-state index in [-0.39, 0.29) is 11.7 Å². The predicted octanol–water partition coefficient (Wildman–Crippen LogP) is 2.78. The largest absolute Gasteiger partial charge is 0.335 e. The van der Waals surface area contributed by atoms with Gasteiger partial charge >= 0.3 is 6.03 Å². The lowest BCUT2D eigenvalue weighted by molar-refractivity contribution is 0.240. The van der Waals surface area contributed by atoms with Gasteiger partial charge in [-0.2, -0.15) is 0 Å². The molecule has 2 rings (SSSR count). The summed E-state index contributed by atoms with van der Waals surface area (Å²) in [7, 11) is 0. The summed E-state index contributed by atoms with van der Waals surface area (Å²) in [6, 6.07) is 1.22. The van der Waals surface area contributed by atoms with Gasteiger partial charge in [0.25, 0.3) is 0 Å². The SMILES string of the molecule is O=C(Nc1ccc(F)c(F)c1F)NC1CCC1. The summed E-state index contributed by atoms with van der Waals surface area (Å²) < 4.78 is 38.7. The lowest BCUT2D eigenvalue weighted by atomic mass is 9.93. The van der Waals surface area contributed by atoms with Gasteiger partial charge in [-0.05, 0) is 31.4 Å². The van der Waals surface area contributed by atoms with E-state index >= 15 is 0 Å². The zero-order valence-electron chi connectivity index (χ0n) is 8.90. The Labute approximate surface area is 96.0 Å².